The molecule has 0 aromatic carbocycles. The lowest BCUT2D eigenvalue weighted by atomic mass is 9.90. The van der Waals surface area contributed by atoms with E-state index in [1.807, 2.05) is 0 Å². The van der Waals surface area contributed by atoms with Crippen molar-refractivity contribution in [1.82, 2.24) is 4.72 Å². The number of halogens is 3. The molecule has 1 N–H and O–H groups in total. The molecule has 24 heavy (non-hydrogen) atoms. The first-order valence-corrected chi connectivity index (χ1v) is 9.22. The average Bonchev–Trinajstić information content (AvgIpc) is 2.36. The van der Waals surface area contributed by atoms with Crippen LogP contribution in [0.25, 0.3) is 0 Å². The van der Waals surface area contributed by atoms with E-state index >= 15 is 0 Å². The Kier molecular flexibility index (Phi) is 8.93. The van der Waals surface area contributed by atoms with Crippen LogP contribution in [0.5, 0.6) is 0 Å². The van der Waals surface area contributed by atoms with Crippen LogP contribution < -0.4 is 4.72 Å². The lowest BCUT2D eigenvalue weighted by Crippen LogP contribution is -2.54. The Bertz CT molecular complexity index is 431. The first kappa shape index (κ1) is 23.4. The van der Waals surface area contributed by atoms with E-state index in [4.69, 9.17) is 4.74 Å². The number of rotatable bonds is 8. The van der Waals surface area contributed by atoms with Gasteiger partial charge in [-0.05, 0) is 39.0 Å². The first-order valence-electron chi connectivity index (χ1n) is 8.07. The van der Waals surface area contributed by atoms with Crippen molar-refractivity contribution in [3.8, 4) is 0 Å². The van der Waals surface area contributed by atoms with E-state index in [1.165, 1.54) is 0 Å². The summed E-state index contributed by atoms with van der Waals surface area (Å²) >= 11 is 0. The van der Waals surface area contributed by atoms with Gasteiger partial charge in [-0.15, -0.1) is 0 Å². The largest absolute Gasteiger partial charge is 0.465 e. The summed E-state index contributed by atoms with van der Waals surface area (Å²) < 4.78 is 59.0. The molecule has 0 radical (unpaired) electrons. The van der Waals surface area contributed by atoms with E-state index in [0.717, 1.165) is 0 Å². The molecule has 0 aliphatic carbocycles. The Morgan fingerprint density at radius 2 is 1.58 bits per heavy atom. The van der Waals surface area contributed by atoms with Crippen LogP contribution in [0, 0.1) is 17.8 Å². The van der Waals surface area contributed by atoms with Crippen molar-refractivity contribution in [3.05, 3.63) is 0 Å². The van der Waals surface area contributed by atoms with Crippen LogP contribution in [0.4, 0.5) is 13.2 Å². The molecule has 0 aromatic heterocycles. The fourth-order valence-corrected chi connectivity index (χ4v) is 2.78. The van der Waals surface area contributed by atoms with Crippen LogP contribution in [0.2, 0.25) is 0 Å². The summed E-state index contributed by atoms with van der Waals surface area (Å²) in [5, 5.41) is 0. The maximum absolute atomic E-state index is 13.5. The van der Waals surface area contributed by atoms with E-state index in [0.29, 0.717) is 0 Å². The lowest BCUT2D eigenvalue weighted by molar-refractivity contribution is -0.180. The molecule has 0 bridgehead atoms. The van der Waals surface area contributed by atoms with Crippen LogP contribution in [0.1, 0.15) is 54.9 Å². The SMILES string of the molecule is CC(C)COC(=O)[C@H](CC(C)C)[C@@H](N[S@](=O)C(C)(C)C)C(F)(F)F. The highest BCUT2D eigenvalue weighted by atomic mass is 32.2. The third-order valence-electron chi connectivity index (χ3n) is 3.13. The minimum absolute atomic E-state index is 0.00452. The molecule has 0 saturated heterocycles. The normalized spacial score (nSPS) is 17.0. The zero-order chi connectivity index (χ0) is 19.3. The molecular weight excluding hydrogens is 343 g/mol. The van der Waals surface area contributed by atoms with Gasteiger partial charge >= 0.3 is 12.1 Å². The molecule has 0 fully saturated rings. The van der Waals surface area contributed by atoms with Gasteiger partial charge in [0.2, 0.25) is 0 Å². The van der Waals surface area contributed by atoms with Gasteiger partial charge in [-0.3, -0.25) is 4.79 Å². The Labute approximate surface area is 145 Å². The van der Waals surface area contributed by atoms with Crippen LogP contribution in [0.3, 0.4) is 0 Å². The second-order valence-corrected chi connectivity index (χ2v) is 9.78. The van der Waals surface area contributed by atoms with Crippen molar-refractivity contribution in [2.24, 2.45) is 17.8 Å². The minimum Gasteiger partial charge on any atom is -0.465 e. The molecular formula is C16H30F3NO3S. The third-order valence-corrected chi connectivity index (χ3v) is 4.71. The van der Waals surface area contributed by atoms with Crippen LogP contribution in [0.15, 0.2) is 0 Å². The zero-order valence-corrected chi connectivity index (χ0v) is 16.3. The smallest absolute Gasteiger partial charge is 0.405 e. The molecule has 3 atom stereocenters. The van der Waals surface area contributed by atoms with Gasteiger partial charge in [0.25, 0.3) is 0 Å². The summed E-state index contributed by atoms with van der Waals surface area (Å²) in [4.78, 5) is 12.2. The number of hydrogen-bond donors (Lipinski definition) is 1. The molecule has 0 unspecified atom stereocenters. The maximum Gasteiger partial charge on any atom is 0.405 e. The van der Waals surface area contributed by atoms with Crippen molar-refractivity contribution >= 4 is 17.0 Å². The topological polar surface area (TPSA) is 55.4 Å². The van der Waals surface area contributed by atoms with Gasteiger partial charge in [0, 0.05) is 0 Å². The number of esters is 1. The molecule has 144 valence electrons. The predicted molar refractivity (Wildman–Crippen MR) is 89.6 cm³/mol. The van der Waals surface area contributed by atoms with Gasteiger partial charge in [-0.25, -0.2) is 8.93 Å². The average molecular weight is 373 g/mol. The zero-order valence-electron chi connectivity index (χ0n) is 15.5. The molecule has 0 aromatic rings. The number of carbonyl (C=O) groups is 1. The monoisotopic (exact) mass is 373 g/mol. The van der Waals surface area contributed by atoms with Crippen LogP contribution in [-0.4, -0.2) is 33.8 Å². The fourth-order valence-electron chi connectivity index (χ4n) is 1.90. The summed E-state index contributed by atoms with van der Waals surface area (Å²) in [7, 11) is -1.96. The van der Waals surface area contributed by atoms with Crippen molar-refractivity contribution in [1.29, 1.82) is 0 Å². The van der Waals surface area contributed by atoms with E-state index in [1.54, 1.807) is 48.5 Å². The standard InChI is InChI=1S/C16H30F3NO3S/c1-10(2)8-12(14(21)23-9-11(3)4)13(16(17,18)19)20-24(22)15(5,6)7/h10-13,20H,8-9H2,1-7H3/t12-,13-,24-/m1/s1. The third kappa shape index (κ3) is 8.46. The van der Waals surface area contributed by atoms with Gasteiger partial charge in [-0.1, -0.05) is 27.7 Å². The molecule has 0 saturated carbocycles. The van der Waals surface area contributed by atoms with Gasteiger partial charge in [-0.2, -0.15) is 13.2 Å². The molecule has 8 heteroatoms. The van der Waals surface area contributed by atoms with Crippen molar-refractivity contribution < 1.29 is 26.9 Å². The van der Waals surface area contributed by atoms with E-state index in [2.05, 4.69) is 4.72 Å². The van der Waals surface area contributed by atoms with Gasteiger partial charge in [0.05, 0.1) is 28.3 Å². The first-order chi connectivity index (χ1) is 10.7. The number of carbonyl (C=O) groups excluding carboxylic acids is 1. The second-order valence-electron chi connectivity index (χ2n) is 7.78. The quantitative estimate of drug-likeness (QED) is 0.658. The molecule has 0 heterocycles. The van der Waals surface area contributed by atoms with E-state index in [-0.39, 0.29) is 24.9 Å². The van der Waals surface area contributed by atoms with Gasteiger partial charge in [0.1, 0.15) is 6.04 Å². The van der Waals surface area contributed by atoms with Crippen molar-refractivity contribution in [2.75, 3.05) is 6.61 Å². The highest BCUT2D eigenvalue weighted by Gasteiger charge is 2.49. The Morgan fingerprint density at radius 1 is 1.08 bits per heavy atom. The lowest BCUT2D eigenvalue weighted by Gasteiger charge is -2.31. The predicted octanol–water partition coefficient (Wildman–Crippen LogP) is 3.83. The van der Waals surface area contributed by atoms with Crippen LogP contribution >= 0.6 is 0 Å². The number of alkyl halides is 3. The Hall–Kier alpha value is -0.630. The number of hydrogen-bond acceptors (Lipinski definition) is 3. The summed E-state index contributed by atoms with van der Waals surface area (Å²) in [5.74, 6) is -2.46. The number of ether oxygens (including phenoxy) is 1. The molecule has 0 spiro atoms. The second kappa shape index (κ2) is 9.17. The molecule has 0 aliphatic heterocycles. The fraction of sp³-hybridized carbons (Fsp3) is 0.938. The van der Waals surface area contributed by atoms with Crippen molar-refractivity contribution in [2.45, 2.75) is 71.9 Å². The van der Waals surface area contributed by atoms with Gasteiger partial charge < -0.3 is 4.74 Å². The molecule has 4 nitrogen and oxygen atoms in total. The van der Waals surface area contributed by atoms with Gasteiger partial charge in [0.15, 0.2) is 0 Å². The highest BCUT2D eigenvalue weighted by molar-refractivity contribution is 7.84. The highest BCUT2D eigenvalue weighted by Crippen LogP contribution is 2.31. The maximum atomic E-state index is 13.5. The summed E-state index contributed by atoms with van der Waals surface area (Å²) in [6.07, 6.45) is -4.72. The Morgan fingerprint density at radius 3 is 1.92 bits per heavy atom. The summed E-state index contributed by atoms with van der Waals surface area (Å²) in [5.41, 5.74) is 0. The molecule has 0 amide bonds. The molecule has 0 rings (SSSR count). The van der Waals surface area contributed by atoms with Crippen molar-refractivity contribution in [3.63, 3.8) is 0 Å². The Balaban J connectivity index is 5.50. The van der Waals surface area contributed by atoms with E-state index < -0.39 is 39.8 Å². The van der Waals surface area contributed by atoms with E-state index in [9.17, 15) is 22.2 Å². The summed E-state index contributed by atoms with van der Waals surface area (Å²) in [6.45, 7) is 11.8. The van der Waals surface area contributed by atoms with Crippen LogP contribution in [-0.2, 0) is 20.5 Å². The number of nitrogens with one attached hydrogen (secondary N) is 1. The molecule has 0 aliphatic rings. The summed E-state index contributed by atoms with van der Waals surface area (Å²) in [6, 6.07) is -2.21. The minimum atomic E-state index is -4.71.